The van der Waals surface area contributed by atoms with Crippen LogP contribution in [0.25, 0.3) is 0 Å². The van der Waals surface area contributed by atoms with Gasteiger partial charge in [0.15, 0.2) is 11.5 Å². The van der Waals surface area contributed by atoms with E-state index in [0.29, 0.717) is 23.7 Å². The third-order valence-corrected chi connectivity index (χ3v) is 2.07. The number of aldehydes is 1. The second-order valence-corrected chi connectivity index (χ2v) is 3.97. The second kappa shape index (κ2) is 3.01. The Morgan fingerprint density at radius 2 is 2.14 bits per heavy atom. The number of hydrogen-bond donors (Lipinski definition) is 0. The van der Waals surface area contributed by atoms with Gasteiger partial charge in [-0.05, 0) is 32.0 Å². The number of rotatable bonds is 1. The second-order valence-electron chi connectivity index (χ2n) is 3.97. The molecule has 0 aromatic heterocycles. The lowest BCUT2D eigenvalue weighted by molar-refractivity contribution is 0.0212. The van der Waals surface area contributed by atoms with Crippen LogP contribution in [0.2, 0.25) is 0 Å². The molecule has 2 rings (SSSR count). The van der Waals surface area contributed by atoms with E-state index in [1.54, 1.807) is 18.2 Å². The quantitative estimate of drug-likeness (QED) is 0.639. The van der Waals surface area contributed by atoms with Gasteiger partial charge in [0, 0.05) is 5.56 Å². The van der Waals surface area contributed by atoms with E-state index in [4.69, 9.17) is 9.47 Å². The average molecular weight is 192 g/mol. The minimum atomic E-state index is -0.325. The van der Waals surface area contributed by atoms with Gasteiger partial charge in [0.25, 0.3) is 0 Å². The van der Waals surface area contributed by atoms with Gasteiger partial charge in [-0.15, -0.1) is 0 Å². The summed E-state index contributed by atoms with van der Waals surface area (Å²) in [6.07, 6.45) is 0.797. The fraction of sp³-hybridized carbons (Fsp3) is 0.364. The summed E-state index contributed by atoms with van der Waals surface area (Å²) in [5.74, 6) is 1.35. The van der Waals surface area contributed by atoms with Crippen molar-refractivity contribution in [2.75, 3.05) is 6.61 Å². The molecule has 0 saturated heterocycles. The highest BCUT2D eigenvalue weighted by molar-refractivity contribution is 5.76. The van der Waals surface area contributed by atoms with Crippen LogP contribution in [0.5, 0.6) is 11.5 Å². The lowest BCUT2D eigenvalue weighted by atomic mass is 10.1. The topological polar surface area (TPSA) is 35.5 Å². The van der Waals surface area contributed by atoms with Crippen molar-refractivity contribution in [1.82, 2.24) is 0 Å². The third-order valence-electron chi connectivity index (χ3n) is 2.07. The molecule has 0 aliphatic carbocycles. The molecule has 0 spiro atoms. The molecule has 1 aliphatic rings. The summed E-state index contributed by atoms with van der Waals surface area (Å²) >= 11 is 0. The van der Waals surface area contributed by atoms with Crippen molar-refractivity contribution in [3.05, 3.63) is 23.8 Å². The van der Waals surface area contributed by atoms with Crippen molar-refractivity contribution in [3.8, 4) is 11.5 Å². The fourth-order valence-electron chi connectivity index (χ4n) is 1.38. The molecule has 0 amide bonds. The van der Waals surface area contributed by atoms with Gasteiger partial charge in [-0.25, -0.2) is 0 Å². The summed E-state index contributed by atoms with van der Waals surface area (Å²) in [7, 11) is 0. The smallest absolute Gasteiger partial charge is 0.162 e. The summed E-state index contributed by atoms with van der Waals surface area (Å²) in [6, 6.07) is 5.17. The van der Waals surface area contributed by atoms with Gasteiger partial charge in [-0.3, -0.25) is 4.79 Å². The van der Waals surface area contributed by atoms with Crippen molar-refractivity contribution >= 4 is 6.29 Å². The van der Waals surface area contributed by atoms with Crippen LogP contribution in [0.1, 0.15) is 24.2 Å². The van der Waals surface area contributed by atoms with Crippen LogP contribution >= 0.6 is 0 Å². The van der Waals surface area contributed by atoms with Crippen molar-refractivity contribution in [2.45, 2.75) is 19.4 Å². The average Bonchev–Trinajstić information content (AvgIpc) is 2.15. The van der Waals surface area contributed by atoms with Crippen molar-refractivity contribution in [2.24, 2.45) is 0 Å². The zero-order chi connectivity index (χ0) is 10.2. The SMILES string of the molecule is CC1(C)COc2ccc(C=O)cc2O1. The minimum absolute atomic E-state index is 0.325. The molecule has 74 valence electrons. The predicted octanol–water partition coefficient (Wildman–Crippen LogP) is 2.05. The molecule has 0 radical (unpaired) electrons. The first-order valence-corrected chi connectivity index (χ1v) is 4.52. The van der Waals surface area contributed by atoms with Gasteiger partial charge < -0.3 is 9.47 Å². The molecule has 0 N–H and O–H groups in total. The first-order valence-electron chi connectivity index (χ1n) is 4.52. The number of carbonyl (C=O) groups excluding carboxylic acids is 1. The summed E-state index contributed by atoms with van der Waals surface area (Å²) in [6.45, 7) is 4.42. The van der Waals surface area contributed by atoms with E-state index in [-0.39, 0.29) is 5.60 Å². The zero-order valence-corrected chi connectivity index (χ0v) is 8.24. The number of ether oxygens (including phenoxy) is 2. The van der Waals surface area contributed by atoms with Crippen LogP contribution < -0.4 is 9.47 Å². The maximum atomic E-state index is 10.6. The van der Waals surface area contributed by atoms with E-state index >= 15 is 0 Å². The van der Waals surface area contributed by atoms with Gasteiger partial charge in [0.1, 0.15) is 18.5 Å². The zero-order valence-electron chi connectivity index (χ0n) is 8.24. The highest BCUT2D eigenvalue weighted by atomic mass is 16.6. The van der Waals surface area contributed by atoms with Crippen LogP contribution in [0, 0.1) is 0 Å². The molecular weight excluding hydrogens is 180 g/mol. The number of benzene rings is 1. The summed E-state index contributed by atoms with van der Waals surface area (Å²) < 4.78 is 11.2. The van der Waals surface area contributed by atoms with E-state index in [0.717, 1.165) is 6.29 Å². The highest BCUT2D eigenvalue weighted by Gasteiger charge is 2.27. The predicted molar refractivity (Wildman–Crippen MR) is 52.0 cm³/mol. The largest absolute Gasteiger partial charge is 0.486 e. The Morgan fingerprint density at radius 3 is 2.86 bits per heavy atom. The molecule has 14 heavy (non-hydrogen) atoms. The first kappa shape index (κ1) is 9.06. The Labute approximate surface area is 82.6 Å². The number of fused-ring (bicyclic) bond motifs is 1. The summed E-state index contributed by atoms with van der Waals surface area (Å²) in [4.78, 5) is 10.6. The molecule has 0 fully saturated rings. The standard InChI is InChI=1S/C11H12O3/c1-11(2)7-13-9-4-3-8(6-12)5-10(9)14-11/h3-6H,7H2,1-2H3. The first-order chi connectivity index (χ1) is 6.61. The Hall–Kier alpha value is -1.51. The number of carbonyl (C=O) groups is 1. The fourth-order valence-corrected chi connectivity index (χ4v) is 1.38. The third kappa shape index (κ3) is 1.58. The molecule has 3 heteroatoms. The molecule has 0 atom stereocenters. The molecule has 0 unspecified atom stereocenters. The van der Waals surface area contributed by atoms with E-state index in [1.807, 2.05) is 13.8 Å². The van der Waals surface area contributed by atoms with Gasteiger partial charge >= 0.3 is 0 Å². The van der Waals surface area contributed by atoms with Crippen LogP contribution in [-0.2, 0) is 0 Å². The van der Waals surface area contributed by atoms with Gasteiger partial charge in [0.2, 0.25) is 0 Å². The lowest BCUT2D eigenvalue weighted by Crippen LogP contribution is -2.38. The molecule has 1 aliphatic heterocycles. The Balaban J connectivity index is 2.39. The van der Waals surface area contributed by atoms with E-state index < -0.39 is 0 Å². The van der Waals surface area contributed by atoms with Crippen LogP contribution in [0.3, 0.4) is 0 Å². The Bertz CT molecular complexity index is 369. The molecule has 0 saturated carbocycles. The number of hydrogen-bond acceptors (Lipinski definition) is 3. The van der Waals surface area contributed by atoms with Crippen LogP contribution in [-0.4, -0.2) is 18.5 Å². The monoisotopic (exact) mass is 192 g/mol. The van der Waals surface area contributed by atoms with E-state index in [1.165, 1.54) is 0 Å². The molecule has 0 bridgehead atoms. The molecule has 3 nitrogen and oxygen atoms in total. The Morgan fingerprint density at radius 1 is 1.36 bits per heavy atom. The van der Waals surface area contributed by atoms with Gasteiger partial charge in [-0.2, -0.15) is 0 Å². The maximum Gasteiger partial charge on any atom is 0.162 e. The van der Waals surface area contributed by atoms with Gasteiger partial charge in [-0.1, -0.05) is 0 Å². The molecule has 1 aromatic rings. The van der Waals surface area contributed by atoms with Crippen molar-refractivity contribution in [3.63, 3.8) is 0 Å². The molecule has 1 aromatic carbocycles. The maximum absolute atomic E-state index is 10.6. The normalized spacial score (nSPS) is 17.6. The van der Waals surface area contributed by atoms with Crippen LogP contribution in [0.4, 0.5) is 0 Å². The molecular formula is C11H12O3. The minimum Gasteiger partial charge on any atom is -0.486 e. The summed E-state index contributed by atoms with van der Waals surface area (Å²) in [5.41, 5.74) is 0.277. The lowest BCUT2D eigenvalue weighted by Gasteiger charge is -2.32. The highest BCUT2D eigenvalue weighted by Crippen LogP contribution is 2.35. The Kier molecular flexibility index (Phi) is 1.95. The van der Waals surface area contributed by atoms with Gasteiger partial charge in [0.05, 0.1) is 0 Å². The van der Waals surface area contributed by atoms with Crippen LogP contribution in [0.15, 0.2) is 18.2 Å². The van der Waals surface area contributed by atoms with E-state index in [9.17, 15) is 4.79 Å². The van der Waals surface area contributed by atoms with Crippen molar-refractivity contribution < 1.29 is 14.3 Å². The summed E-state index contributed by atoms with van der Waals surface area (Å²) in [5, 5.41) is 0. The molecule has 1 heterocycles. The van der Waals surface area contributed by atoms with Crippen molar-refractivity contribution in [1.29, 1.82) is 0 Å². The van der Waals surface area contributed by atoms with E-state index in [2.05, 4.69) is 0 Å².